The summed E-state index contributed by atoms with van der Waals surface area (Å²) in [5.74, 6) is 0.451. The van der Waals surface area contributed by atoms with Gasteiger partial charge in [-0.2, -0.15) is 13.2 Å². The second-order valence-electron chi connectivity index (χ2n) is 7.95. The van der Waals surface area contributed by atoms with E-state index in [9.17, 15) is 18.0 Å². The maximum Gasteiger partial charge on any atom is 0.417 e. The lowest BCUT2D eigenvalue weighted by Crippen LogP contribution is -2.24. The van der Waals surface area contributed by atoms with E-state index in [1.165, 1.54) is 13.1 Å². The number of nitrogen functional groups attached to an aromatic ring is 1. The maximum absolute atomic E-state index is 13.3. The number of alkyl halides is 3. The highest BCUT2D eigenvalue weighted by molar-refractivity contribution is 5.83. The summed E-state index contributed by atoms with van der Waals surface area (Å²) in [6.45, 7) is 1.48. The first-order valence-corrected chi connectivity index (χ1v) is 10.3. The number of rotatable bonds is 3. The lowest BCUT2D eigenvalue weighted by Gasteiger charge is -2.14. The standard InChI is InChI=1S/C23H19F3N6O/c1-12(33)30-18-7-4-13-9-15(5-6-16(13)18)32-21(17-3-2-8-28-20(17)27)31-19-10-14(23(24,25)26)11-29-22(19)32/h2-3,5-6,8-11,18H,4,7H2,1H3,(H2,27,28)(H,30,33)/t18-/m0/s1. The van der Waals surface area contributed by atoms with Crippen LogP contribution < -0.4 is 11.1 Å². The summed E-state index contributed by atoms with van der Waals surface area (Å²) in [5.41, 5.74) is 8.81. The minimum atomic E-state index is -4.54. The highest BCUT2D eigenvalue weighted by atomic mass is 19.4. The second-order valence-corrected chi connectivity index (χ2v) is 7.95. The number of nitrogens with two attached hydrogens (primary N) is 1. The largest absolute Gasteiger partial charge is 0.417 e. The van der Waals surface area contributed by atoms with Gasteiger partial charge in [0.1, 0.15) is 11.3 Å². The third kappa shape index (κ3) is 3.67. The fourth-order valence-electron chi connectivity index (χ4n) is 4.29. The molecule has 3 N–H and O–H groups in total. The van der Waals surface area contributed by atoms with Crippen LogP contribution in [-0.4, -0.2) is 25.4 Å². The van der Waals surface area contributed by atoms with Crippen molar-refractivity contribution in [1.29, 1.82) is 0 Å². The molecule has 0 bridgehead atoms. The van der Waals surface area contributed by atoms with Gasteiger partial charge in [0, 0.05) is 25.0 Å². The first kappa shape index (κ1) is 20.9. The first-order valence-electron chi connectivity index (χ1n) is 10.3. The van der Waals surface area contributed by atoms with Crippen LogP contribution in [0.1, 0.15) is 36.1 Å². The van der Waals surface area contributed by atoms with Crippen molar-refractivity contribution < 1.29 is 18.0 Å². The van der Waals surface area contributed by atoms with E-state index in [0.717, 1.165) is 36.2 Å². The number of aromatic nitrogens is 4. The number of fused-ring (bicyclic) bond motifs is 2. The van der Waals surface area contributed by atoms with Gasteiger partial charge >= 0.3 is 6.18 Å². The van der Waals surface area contributed by atoms with Crippen molar-refractivity contribution in [3.63, 3.8) is 0 Å². The Balaban J connectivity index is 1.71. The molecule has 0 aliphatic heterocycles. The molecular weight excluding hydrogens is 433 g/mol. The molecule has 0 fully saturated rings. The van der Waals surface area contributed by atoms with Crippen LogP contribution in [0.4, 0.5) is 19.0 Å². The number of hydrogen-bond donors (Lipinski definition) is 2. The Labute approximate surface area is 186 Å². The fourth-order valence-corrected chi connectivity index (χ4v) is 4.29. The Morgan fingerprint density at radius 1 is 1.21 bits per heavy atom. The highest BCUT2D eigenvalue weighted by Crippen LogP contribution is 2.37. The fraction of sp³-hybridized carbons (Fsp3) is 0.217. The Morgan fingerprint density at radius 2 is 2.03 bits per heavy atom. The molecule has 4 aromatic rings. The van der Waals surface area contributed by atoms with Crippen molar-refractivity contribution in [2.45, 2.75) is 32.0 Å². The molecule has 33 heavy (non-hydrogen) atoms. The quantitative estimate of drug-likeness (QED) is 0.485. The Morgan fingerprint density at radius 3 is 2.76 bits per heavy atom. The Hall–Kier alpha value is -3.95. The number of pyridine rings is 2. The monoisotopic (exact) mass is 452 g/mol. The number of nitrogens with zero attached hydrogens (tertiary/aromatic N) is 4. The molecule has 1 atom stereocenters. The molecule has 0 saturated heterocycles. The van der Waals surface area contributed by atoms with E-state index in [0.29, 0.717) is 17.1 Å². The number of hydrogen-bond acceptors (Lipinski definition) is 5. The van der Waals surface area contributed by atoms with Gasteiger partial charge in [0.2, 0.25) is 5.91 Å². The molecule has 7 nitrogen and oxygen atoms in total. The van der Waals surface area contributed by atoms with Gasteiger partial charge in [-0.15, -0.1) is 0 Å². The molecule has 10 heteroatoms. The molecule has 1 amide bonds. The van der Waals surface area contributed by atoms with E-state index in [2.05, 4.69) is 20.3 Å². The third-order valence-electron chi connectivity index (χ3n) is 5.74. The molecule has 0 saturated carbocycles. The van der Waals surface area contributed by atoms with Crippen LogP contribution in [0.25, 0.3) is 28.2 Å². The molecule has 3 aromatic heterocycles. The lowest BCUT2D eigenvalue weighted by molar-refractivity contribution is -0.137. The molecule has 0 spiro atoms. The van der Waals surface area contributed by atoms with Crippen LogP contribution in [0, 0.1) is 0 Å². The smallest absolute Gasteiger partial charge is 0.383 e. The van der Waals surface area contributed by atoms with Gasteiger partial charge in [-0.05, 0) is 54.3 Å². The molecule has 3 heterocycles. The summed E-state index contributed by atoms with van der Waals surface area (Å²) < 4.78 is 41.5. The van der Waals surface area contributed by atoms with Gasteiger partial charge < -0.3 is 11.1 Å². The zero-order chi connectivity index (χ0) is 23.3. The van der Waals surface area contributed by atoms with Crippen molar-refractivity contribution in [3.05, 3.63) is 65.5 Å². The van der Waals surface area contributed by atoms with Crippen LogP contribution in [0.3, 0.4) is 0 Å². The Bertz CT molecular complexity index is 1390. The average Bonchev–Trinajstić information content (AvgIpc) is 3.33. The number of amides is 1. The number of anilines is 1. The summed E-state index contributed by atoms with van der Waals surface area (Å²) >= 11 is 0. The zero-order valence-electron chi connectivity index (χ0n) is 17.5. The van der Waals surface area contributed by atoms with E-state index >= 15 is 0 Å². The van der Waals surface area contributed by atoms with E-state index in [1.54, 1.807) is 16.7 Å². The van der Waals surface area contributed by atoms with E-state index < -0.39 is 11.7 Å². The first-order chi connectivity index (χ1) is 15.7. The van der Waals surface area contributed by atoms with Crippen LogP contribution in [0.5, 0.6) is 0 Å². The molecule has 1 aliphatic carbocycles. The van der Waals surface area contributed by atoms with E-state index in [4.69, 9.17) is 5.73 Å². The number of carbonyl (C=O) groups excluding carboxylic acids is 1. The predicted octanol–water partition coefficient (Wildman–Crippen LogP) is 4.21. The number of imidazole rings is 1. The minimum Gasteiger partial charge on any atom is -0.383 e. The minimum absolute atomic E-state index is 0.0630. The molecule has 1 aromatic carbocycles. The van der Waals surface area contributed by atoms with Crippen LogP contribution >= 0.6 is 0 Å². The topological polar surface area (TPSA) is 98.7 Å². The second kappa shape index (κ2) is 7.58. The van der Waals surface area contributed by atoms with E-state index in [-0.39, 0.29) is 28.9 Å². The number of nitrogens with one attached hydrogen (secondary N) is 1. The summed E-state index contributed by atoms with van der Waals surface area (Å²) in [6, 6.07) is 10.0. The van der Waals surface area contributed by atoms with Crippen molar-refractivity contribution in [2.75, 3.05) is 5.73 Å². The molecule has 0 unspecified atom stereocenters. The predicted molar refractivity (Wildman–Crippen MR) is 116 cm³/mol. The van der Waals surface area contributed by atoms with Gasteiger partial charge in [0.25, 0.3) is 0 Å². The summed E-state index contributed by atoms with van der Waals surface area (Å²) in [5, 5.41) is 2.95. The summed E-state index contributed by atoms with van der Waals surface area (Å²) in [6.07, 6.45) is -0.666. The number of benzene rings is 1. The molecule has 168 valence electrons. The number of halogens is 3. The van der Waals surface area contributed by atoms with Gasteiger partial charge in [-0.3, -0.25) is 9.36 Å². The molecule has 1 aliphatic rings. The van der Waals surface area contributed by atoms with Crippen molar-refractivity contribution >= 4 is 22.9 Å². The third-order valence-corrected chi connectivity index (χ3v) is 5.74. The number of carbonyl (C=O) groups is 1. The SMILES string of the molecule is CC(=O)N[C@H]1CCc2cc(-n3c(-c4cccnc4N)nc4cc(C(F)(F)F)cnc43)ccc21. The van der Waals surface area contributed by atoms with Gasteiger partial charge in [-0.25, -0.2) is 15.0 Å². The van der Waals surface area contributed by atoms with Crippen LogP contribution in [-0.2, 0) is 17.4 Å². The summed E-state index contributed by atoms with van der Waals surface area (Å²) in [7, 11) is 0. The van der Waals surface area contributed by atoms with Gasteiger partial charge in [0.05, 0.1) is 17.2 Å². The maximum atomic E-state index is 13.3. The van der Waals surface area contributed by atoms with Crippen molar-refractivity contribution in [2.24, 2.45) is 0 Å². The van der Waals surface area contributed by atoms with Gasteiger partial charge in [0.15, 0.2) is 11.5 Å². The van der Waals surface area contributed by atoms with Crippen molar-refractivity contribution in [1.82, 2.24) is 24.8 Å². The average molecular weight is 452 g/mol. The Kier molecular flexibility index (Phi) is 4.80. The normalized spacial score (nSPS) is 15.6. The van der Waals surface area contributed by atoms with Crippen molar-refractivity contribution in [3.8, 4) is 17.1 Å². The highest BCUT2D eigenvalue weighted by Gasteiger charge is 2.32. The number of aryl methyl sites for hydroxylation is 1. The zero-order valence-corrected chi connectivity index (χ0v) is 17.5. The summed E-state index contributed by atoms with van der Waals surface area (Å²) in [4.78, 5) is 24.2. The lowest BCUT2D eigenvalue weighted by atomic mass is 10.1. The molecule has 0 radical (unpaired) electrons. The van der Waals surface area contributed by atoms with Gasteiger partial charge in [-0.1, -0.05) is 6.07 Å². The van der Waals surface area contributed by atoms with Crippen LogP contribution in [0.15, 0.2) is 48.8 Å². The van der Waals surface area contributed by atoms with Crippen LogP contribution in [0.2, 0.25) is 0 Å². The molecular formula is C23H19F3N6O. The van der Waals surface area contributed by atoms with E-state index in [1.807, 2.05) is 18.2 Å². The molecule has 5 rings (SSSR count).